The maximum Gasteiger partial charge on any atom is 0.262 e. The quantitative estimate of drug-likeness (QED) is 0.787. The molecule has 4 rings (SSSR count). The van der Waals surface area contributed by atoms with Gasteiger partial charge in [-0.05, 0) is 54.1 Å². The zero-order chi connectivity index (χ0) is 16.5. The van der Waals surface area contributed by atoms with E-state index in [1.54, 1.807) is 17.5 Å². The molecule has 3 aromatic rings. The summed E-state index contributed by atoms with van der Waals surface area (Å²) in [6.07, 6.45) is 6.33. The highest BCUT2D eigenvalue weighted by atomic mass is 32.1. The average Bonchev–Trinajstić information content (AvgIpc) is 3.15. The fraction of sp³-hybridized carbons (Fsp3) is 0.389. The Kier molecular flexibility index (Phi) is 4.06. The molecule has 0 aliphatic carbocycles. The van der Waals surface area contributed by atoms with Crippen LogP contribution < -0.4 is 10.5 Å². The van der Waals surface area contributed by atoms with Crippen LogP contribution in [0.4, 0.5) is 5.95 Å². The van der Waals surface area contributed by atoms with Crippen LogP contribution in [0.25, 0.3) is 22.2 Å². The Bertz CT molecular complexity index is 903. The van der Waals surface area contributed by atoms with E-state index in [9.17, 15) is 4.79 Å². The van der Waals surface area contributed by atoms with E-state index in [-0.39, 0.29) is 5.56 Å². The van der Waals surface area contributed by atoms with Crippen LogP contribution in [0.3, 0.4) is 0 Å². The number of aromatic amines is 1. The molecule has 0 amide bonds. The van der Waals surface area contributed by atoms with Crippen molar-refractivity contribution in [2.75, 3.05) is 11.4 Å². The molecule has 0 spiro atoms. The average molecular weight is 340 g/mol. The molecule has 1 N–H and O–H groups in total. The summed E-state index contributed by atoms with van der Waals surface area (Å²) in [5, 5.41) is 4.63. The van der Waals surface area contributed by atoms with Gasteiger partial charge in [0.2, 0.25) is 5.95 Å². The number of thiophene rings is 1. The highest BCUT2D eigenvalue weighted by Gasteiger charge is 2.24. The molecule has 0 aromatic carbocycles. The molecule has 1 aliphatic heterocycles. The van der Waals surface area contributed by atoms with Crippen molar-refractivity contribution in [1.82, 2.24) is 15.0 Å². The highest BCUT2D eigenvalue weighted by molar-refractivity contribution is 7.08. The molecule has 24 heavy (non-hydrogen) atoms. The first-order valence-electron chi connectivity index (χ1n) is 8.46. The molecular formula is C18H20N4OS. The molecule has 0 saturated carbocycles. The molecule has 1 saturated heterocycles. The predicted molar refractivity (Wildman–Crippen MR) is 98.7 cm³/mol. The van der Waals surface area contributed by atoms with Gasteiger partial charge in [0.05, 0.1) is 5.39 Å². The normalized spacial score (nSPS) is 18.2. The summed E-state index contributed by atoms with van der Waals surface area (Å²) in [6.45, 7) is 3.13. The van der Waals surface area contributed by atoms with Crippen molar-refractivity contribution >= 4 is 28.3 Å². The lowest BCUT2D eigenvalue weighted by Gasteiger charge is -2.35. The second kappa shape index (κ2) is 6.36. The number of aromatic nitrogens is 3. The summed E-state index contributed by atoms with van der Waals surface area (Å²) in [5.41, 5.74) is 2.35. The van der Waals surface area contributed by atoms with E-state index >= 15 is 0 Å². The van der Waals surface area contributed by atoms with Crippen LogP contribution in [0, 0.1) is 0 Å². The van der Waals surface area contributed by atoms with E-state index in [2.05, 4.69) is 21.8 Å². The van der Waals surface area contributed by atoms with Crippen molar-refractivity contribution < 1.29 is 0 Å². The highest BCUT2D eigenvalue weighted by Crippen LogP contribution is 2.28. The second-order valence-electron chi connectivity index (χ2n) is 6.21. The molecule has 3 aromatic heterocycles. The van der Waals surface area contributed by atoms with E-state index in [4.69, 9.17) is 4.98 Å². The third kappa shape index (κ3) is 2.60. The zero-order valence-electron chi connectivity index (χ0n) is 13.7. The fourth-order valence-electron chi connectivity index (χ4n) is 3.55. The van der Waals surface area contributed by atoms with Crippen molar-refractivity contribution in [3.05, 3.63) is 39.4 Å². The van der Waals surface area contributed by atoms with Gasteiger partial charge < -0.3 is 4.90 Å². The molecule has 1 atom stereocenters. The topological polar surface area (TPSA) is 61.9 Å². The molecule has 124 valence electrons. The maximum atomic E-state index is 12.8. The Labute approximate surface area is 144 Å². The smallest absolute Gasteiger partial charge is 0.262 e. The van der Waals surface area contributed by atoms with E-state index in [0.29, 0.717) is 23.0 Å². The van der Waals surface area contributed by atoms with Gasteiger partial charge in [0.25, 0.3) is 5.56 Å². The summed E-state index contributed by atoms with van der Waals surface area (Å²) in [5.74, 6) is 0.661. The maximum absolute atomic E-state index is 12.8. The minimum Gasteiger partial charge on any atom is -0.339 e. The van der Waals surface area contributed by atoms with Gasteiger partial charge in [-0.3, -0.25) is 9.78 Å². The molecule has 1 fully saturated rings. The number of hydrogen-bond acceptors (Lipinski definition) is 5. The molecule has 6 heteroatoms. The van der Waals surface area contributed by atoms with Gasteiger partial charge in [-0.2, -0.15) is 16.3 Å². The number of pyridine rings is 1. The van der Waals surface area contributed by atoms with Crippen molar-refractivity contribution in [3.8, 4) is 11.1 Å². The van der Waals surface area contributed by atoms with Crippen LogP contribution in [0.15, 0.2) is 33.9 Å². The second-order valence-corrected chi connectivity index (χ2v) is 6.99. The lowest BCUT2D eigenvalue weighted by Crippen LogP contribution is -2.41. The van der Waals surface area contributed by atoms with Crippen molar-refractivity contribution in [2.45, 2.75) is 38.6 Å². The Balaban J connectivity index is 1.85. The molecule has 1 unspecified atom stereocenters. The minimum atomic E-state index is -0.107. The number of anilines is 1. The third-order valence-corrected chi connectivity index (χ3v) is 5.48. The summed E-state index contributed by atoms with van der Waals surface area (Å²) >= 11 is 1.62. The molecule has 0 radical (unpaired) electrons. The summed E-state index contributed by atoms with van der Waals surface area (Å²) in [7, 11) is 0. The van der Waals surface area contributed by atoms with Crippen molar-refractivity contribution in [2.24, 2.45) is 0 Å². The van der Waals surface area contributed by atoms with E-state index < -0.39 is 0 Å². The predicted octanol–water partition coefficient (Wildman–Crippen LogP) is 3.82. The molecule has 4 heterocycles. The lowest BCUT2D eigenvalue weighted by atomic mass is 10.0. The van der Waals surface area contributed by atoms with Gasteiger partial charge in [-0.15, -0.1) is 0 Å². The summed E-state index contributed by atoms with van der Waals surface area (Å²) in [4.78, 5) is 27.1. The first kappa shape index (κ1) is 15.3. The lowest BCUT2D eigenvalue weighted by molar-refractivity contribution is 0.443. The van der Waals surface area contributed by atoms with Gasteiger partial charge in [0.15, 0.2) is 5.65 Å². The van der Waals surface area contributed by atoms with Gasteiger partial charge >= 0.3 is 0 Å². The number of nitrogens with zero attached hydrogens (tertiary/aromatic N) is 3. The number of H-pyrrole nitrogens is 1. The van der Waals surface area contributed by atoms with Crippen molar-refractivity contribution in [3.63, 3.8) is 0 Å². The van der Waals surface area contributed by atoms with Gasteiger partial charge in [-0.1, -0.05) is 6.92 Å². The summed E-state index contributed by atoms with van der Waals surface area (Å²) in [6, 6.07) is 4.35. The molecule has 0 bridgehead atoms. The van der Waals surface area contributed by atoms with Gasteiger partial charge in [0.1, 0.15) is 0 Å². The van der Waals surface area contributed by atoms with Gasteiger partial charge in [0, 0.05) is 24.3 Å². The third-order valence-electron chi connectivity index (χ3n) is 4.80. The Morgan fingerprint density at radius 2 is 2.29 bits per heavy atom. The first-order valence-corrected chi connectivity index (χ1v) is 9.40. The summed E-state index contributed by atoms with van der Waals surface area (Å²) < 4.78 is 0. The van der Waals surface area contributed by atoms with Crippen LogP contribution in [0.1, 0.15) is 32.6 Å². The standard InChI is InChI=1S/C18H20N4OS/c1-2-13-5-3-4-9-22(13)18-20-16-15(17(23)21-18)14(6-8-19-16)12-7-10-24-11-12/h6-8,10-11,13H,2-5,9H2,1H3,(H,19,20,21,23). The Hall–Kier alpha value is -2.21. The van der Waals surface area contributed by atoms with Crippen LogP contribution >= 0.6 is 11.3 Å². The van der Waals surface area contributed by atoms with Crippen LogP contribution in [0.5, 0.6) is 0 Å². The SMILES string of the molecule is CCC1CCCCN1c1nc2nccc(-c3ccsc3)c2c(=O)[nH]1. The molecule has 5 nitrogen and oxygen atoms in total. The number of piperidine rings is 1. The largest absolute Gasteiger partial charge is 0.339 e. The number of nitrogens with one attached hydrogen (secondary N) is 1. The van der Waals surface area contributed by atoms with E-state index in [1.165, 1.54) is 6.42 Å². The number of rotatable bonds is 3. The number of fused-ring (bicyclic) bond motifs is 1. The van der Waals surface area contributed by atoms with Crippen LogP contribution in [-0.4, -0.2) is 27.5 Å². The fourth-order valence-corrected chi connectivity index (χ4v) is 4.21. The minimum absolute atomic E-state index is 0.107. The zero-order valence-corrected chi connectivity index (χ0v) is 14.5. The van der Waals surface area contributed by atoms with Crippen molar-refractivity contribution in [1.29, 1.82) is 0 Å². The first-order chi connectivity index (χ1) is 11.8. The molecular weight excluding hydrogens is 320 g/mol. The molecule has 1 aliphatic rings. The Morgan fingerprint density at radius 3 is 3.08 bits per heavy atom. The Morgan fingerprint density at radius 1 is 1.38 bits per heavy atom. The van der Waals surface area contributed by atoms with Crippen LogP contribution in [0.2, 0.25) is 0 Å². The van der Waals surface area contributed by atoms with Gasteiger partial charge in [-0.25, -0.2) is 4.98 Å². The number of hydrogen-bond donors (Lipinski definition) is 1. The van der Waals surface area contributed by atoms with E-state index in [0.717, 1.165) is 36.9 Å². The van der Waals surface area contributed by atoms with E-state index in [1.807, 2.05) is 22.9 Å². The monoisotopic (exact) mass is 340 g/mol. The van der Waals surface area contributed by atoms with Crippen LogP contribution in [-0.2, 0) is 0 Å².